The Bertz CT molecular complexity index is 843. The molecule has 0 saturated carbocycles. The maximum atomic E-state index is 10.9. The van der Waals surface area contributed by atoms with E-state index in [9.17, 15) is 4.91 Å². The number of nitroso groups, excluding NO2 is 1. The standard InChI is InChI=1S/C14H16N6O2/c1-8-5-6-10(22-8)12-17-13(18-14(2,3)4)16-11-9(19-21)7-15-20(11)12/h5-7H,1-4H3,(H,16,18). The molecule has 0 aliphatic rings. The Morgan fingerprint density at radius 1 is 1.27 bits per heavy atom. The van der Waals surface area contributed by atoms with Gasteiger partial charge in [0, 0.05) is 5.54 Å². The molecule has 1 N–H and O–H groups in total. The van der Waals surface area contributed by atoms with Gasteiger partial charge in [-0.3, -0.25) is 0 Å². The largest absolute Gasteiger partial charge is 0.458 e. The number of aromatic nitrogens is 4. The van der Waals surface area contributed by atoms with Gasteiger partial charge in [0.05, 0.1) is 6.20 Å². The number of hydrogen-bond donors (Lipinski definition) is 1. The summed E-state index contributed by atoms with van der Waals surface area (Å²) in [6.07, 6.45) is 1.36. The average molecular weight is 300 g/mol. The first-order valence-corrected chi connectivity index (χ1v) is 6.81. The lowest BCUT2D eigenvalue weighted by atomic mass is 10.1. The average Bonchev–Trinajstić information content (AvgIpc) is 3.02. The lowest BCUT2D eigenvalue weighted by Gasteiger charge is -2.20. The molecule has 3 aromatic heterocycles. The molecule has 0 bridgehead atoms. The second-order valence-electron chi connectivity index (χ2n) is 6.01. The van der Waals surface area contributed by atoms with E-state index in [2.05, 4.69) is 25.6 Å². The van der Waals surface area contributed by atoms with Crippen LogP contribution in [0.1, 0.15) is 26.5 Å². The normalized spacial score (nSPS) is 11.8. The van der Waals surface area contributed by atoms with Crippen molar-refractivity contribution in [3.8, 4) is 11.6 Å². The molecule has 8 heteroatoms. The molecule has 114 valence electrons. The first kappa shape index (κ1) is 14.2. The van der Waals surface area contributed by atoms with Gasteiger partial charge >= 0.3 is 0 Å². The Labute approximate surface area is 126 Å². The van der Waals surface area contributed by atoms with Gasteiger partial charge in [0.15, 0.2) is 17.1 Å². The summed E-state index contributed by atoms with van der Waals surface area (Å²) in [5.41, 5.74) is 0.258. The van der Waals surface area contributed by atoms with Crippen LogP contribution < -0.4 is 5.32 Å². The van der Waals surface area contributed by atoms with Crippen molar-refractivity contribution in [1.82, 2.24) is 19.6 Å². The highest BCUT2D eigenvalue weighted by atomic mass is 16.3. The Balaban J connectivity index is 2.24. The van der Waals surface area contributed by atoms with Crippen LogP contribution in [0.4, 0.5) is 11.6 Å². The van der Waals surface area contributed by atoms with Crippen LogP contribution in [-0.2, 0) is 0 Å². The predicted molar refractivity (Wildman–Crippen MR) is 82.1 cm³/mol. The highest BCUT2D eigenvalue weighted by Crippen LogP contribution is 2.26. The summed E-state index contributed by atoms with van der Waals surface area (Å²) in [5, 5.41) is 10.3. The smallest absolute Gasteiger partial charge is 0.227 e. The highest BCUT2D eigenvalue weighted by molar-refractivity contribution is 5.68. The van der Waals surface area contributed by atoms with E-state index in [0.29, 0.717) is 23.2 Å². The fourth-order valence-electron chi connectivity index (χ4n) is 2.04. The minimum Gasteiger partial charge on any atom is -0.458 e. The van der Waals surface area contributed by atoms with Crippen molar-refractivity contribution >= 4 is 17.3 Å². The van der Waals surface area contributed by atoms with E-state index >= 15 is 0 Å². The van der Waals surface area contributed by atoms with Crippen LogP contribution in [0.5, 0.6) is 0 Å². The summed E-state index contributed by atoms with van der Waals surface area (Å²) in [7, 11) is 0. The van der Waals surface area contributed by atoms with Crippen LogP contribution in [0, 0.1) is 11.8 Å². The Morgan fingerprint density at radius 3 is 2.64 bits per heavy atom. The summed E-state index contributed by atoms with van der Waals surface area (Å²) in [4.78, 5) is 19.7. The van der Waals surface area contributed by atoms with Gasteiger partial charge in [0.2, 0.25) is 11.8 Å². The zero-order valence-corrected chi connectivity index (χ0v) is 12.8. The molecular formula is C14H16N6O2. The SMILES string of the molecule is Cc1ccc(-c2nc(NC(C)(C)C)nc3c(N=O)cnn23)o1. The van der Waals surface area contributed by atoms with Gasteiger partial charge in [0.25, 0.3) is 0 Å². The maximum Gasteiger partial charge on any atom is 0.227 e. The third kappa shape index (κ3) is 2.54. The molecule has 0 unspecified atom stereocenters. The van der Waals surface area contributed by atoms with Crippen LogP contribution in [0.25, 0.3) is 17.2 Å². The van der Waals surface area contributed by atoms with Crippen molar-refractivity contribution in [3.63, 3.8) is 0 Å². The molecule has 3 rings (SSSR count). The van der Waals surface area contributed by atoms with E-state index < -0.39 is 0 Å². The lowest BCUT2D eigenvalue weighted by molar-refractivity contribution is 0.541. The van der Waals surface area contributed by atoms with E-state index in [-0.39, 0.29) is 11.2 Å². The van der Waals surface area contributed by atoms with Gasteiger partial charge in [0.1, 0.15) is 5.76 Å². The molecule has 0 spiro atoms. The van der Waals surface area contributed by atoms with Crippen molar-refractivity contribution in [2.24, 2.45) is 5.18 Å². The van der Waals surface area contributed by atoms with Crippen molar-refractivity contribution in [1.29, 1.82) is 0 Å². The molecular weight excluding hydrogens is 284 g/mol. The van der Waals surface area contributed by atoms with E-state index in [1.165, 1.54) is 10.7 Å². The van der Waals surface area contributed by atoms with E-state index in [0.717, 1.165) is 5.76 Å². The fraction of sp³-hybridized carbons (Fsp3) is 0.357. The zero-order valence-electron chi connectivity index (χ0n) is 12.8. The highest BCUT2D eigenvalue weighted by Gasteiger charge is 2.19. The van der Waals surface area contributed by atoms with Crippen LogP contribution >= 0.6 is 0 Å². The molecule has 0 aromatic carbocycles. The van der Waals surface area contributed by atoms with Crippen LogP contribution in [0.15, 0.2) is 27.9 Å². The first-order chi connectivity index (χ1) is 10.4. The molecule has 3 heterocycles. The fourth-order valence-corrected chi connectivity index (χ4v) is 2.04. The number of rotatable bonds is 3. The van der Waals surface area contributed by atoms with Crippen molar-refractivity contribution in [2.75, 3.05) is 5.32 Å². The molecule has 3 aromatic rings. The quantitative estimate of drug-likeness (QED) is 0.745. The molecule has 0 fully saturated rings. The summed E-state index contributed by atoms with van der Waals surface area (Å²) in [6.45, 7) is 7.82. The van der Waals surface area contributed by atoms with Gasteiger partial charge < -0.3 is 9.73 Å². The molecule has 0 aliphatic heterocycles. The van der Waals surface area contributed by atoms with Crippen molar-refractivity contribution in [3.05, 3.63) is 29.0 Å². The zero-order chi connectivity index (χ0) is 15.9. The lowest BCUT2D eigenvalue weighted by Crippen LogP contribution is -2.27. The second-order valence-corrected chi connectivity index (χ2v) is 6.01. The molecule has 0 radical (unpaired) electrons. The van der Waals surface area contributed by atoms with Gasteiger partial charge in [-0.05, 0) is 45.0 Å². The maximum absolute atomic E-state index is 10.9. The number of nitrogens with one attached hydrogen (secondary N) is 1. The predicted octanol–water partition coefficient (Wildman–Crippen LogP) is 3.30. The molecule has 0 saturated heterocycles. The van der Waals surface area contributed by atoms with Crippen LogP contribution in [-0.4, -0.2) is 25.1 Å². The van der Waals surface area contributed by atoms with Crippen molar-refractivity contribution < 1.29 is 4.42 Å². The summed E-state index contributed by atoms with van der Waals surface area (Å²) in [6, 6.07) is 3.64. The number of hydrogen-bond acceptors (Lipinski definition) is 7. The van der Waals surface area contributed by atoms with E-state index in [1.54, 1.807) is 6.07 Å². The number of aryl methyl sites for hydroxylation is 1. The van der Waals surface area contributed by atoms with Gasteiger partial charge in [-0.25, -0.2) is 0 Å². The van der Waals surface area contributed by atoms with Gasteiger partial charge in [-0.15, -0.1) is 4.91 Å². The van der Waals surface area contributed by atoms with Gasteiger partial charge in [-0.1, -0.05) is 0 Å². The van der Waals surface area contributed by atoms with E-state index in [1.807, 2.05) is 33.8 Å². The topological polar surface area (TPSA) is 97.7 Å². The third-order valence-corrected chi connectivity index (χ3v) is 2.90. The minimum atomic E-state index is -0.233. The molecule has 0 aliphatic carbocycles. The number of nitrogens with zero attached hydrogens (tertiary/aromatic N) is 5. The minimum absolute atomic E-state index is 0.156. The summed E-state index contributed by atoms with van der Waals surface area (Å²) >= 11 is 0. The summed E-state index contributed by atoms with van der Waals surface area (Å²) in [5.74, 6) is 2.14. The monoisotopic (exact) mass is 300 g/mol. The Kier molecular flexibility index (Phi) is 3.16. The van der Waals surface area contributed by atoms with Crippen LogP contribution in [0.3, 0.4) is 0 Å². The number of fused-ring (bicyclic) bond motifs is 1. The molecule has 0 amide bonds. The Hall–Kier alpha value is -2.77. The first-order valence-electron chi connectivity index (χ1n) is 6.81. The number of furan rings is 1. The molecule has 8 nitrogen and oxygen atoms in total. The van der Waals surface area contributed by atoms with Crippen LogP contribution in [0.2, 0.25) is 0 Å². The third-order valence-electron chi connectivity index (χ3n) is 2.90. The van der Waals surface area contributed by atoms with Crippen molar-refractivity contribution in [2.45, 2.75) is 33.2 Å². The molecule has 0 atom stereocenters. The number of anilines is 1. The Morgan fingerprint density at radius 2 is 2.05 bits per heavy atom. The van der Waals surface area contributed by atoms with Gasteiger partial charge in [-0.2, -0.15) is 19.6 Å². The second kappa shape index (κ2) is 4.90. The summed E-state index contributed by atoms with van der Waals surface area (Å²) < 4.78 is 7.07. The van der Waals surface area contributed by atoms with E-state index in [4.69, 9.17) is 4.42 Å². The molecule has 22 heavy (non-hydrogen) atoms.